The van der Waals surface area contributed by atoms with Gasteiger partial charge >= 0.3 is 6.01 Å². The predicted octanol–water partition coefficient (Wildman–Crippen LogP) is 5.66. The number of nitrogens with zero attached hydrogens (tertiary/aromatic N) is 5. The van der Waals surface area contributed by atoms with Crippen LogP contribution in [0.5, 0.6) is 6.01 Å². The van der Waals surface area contributed by atoms with Crippen LogP contribution >= 0.6 is 18.5 Å². The Morgan fingerprint density at radius 1 is 1.09 bits per heavy atom. The number of hydrogen-bond acceptors (Lipinski definition) is 7. The van der Waals surface area contributed by atoms with Crippen molar-refractivity contribution in [2.24, 2.45) is 0 Å². The van der Waals surface area contributed by atoms with Crippen LogP contribution in [0.2, 0.25) is 0 Å². The number of nitrogens with one attached hydrogen (secondary N) is 1. The van der Waals surface area contributed by atoms with Gasteiger partial charge in [0.05, 0.1) is 22.1 Å². The van der Waals surface area contributed by atoms with Gasteiger partial charge in [-0.1, -0.05) is 43.3 Å². The molecule has 1 saturated carbocycles. The molecule has 226 valence electrons. The molecule has 3 aliphatic rings. The van der Waals surface area contributed by atoms with Crippen molar-refractivity contribution in [2.75, 3.05) is 45.7 Å². The van der Waals surface area contributed by atoms with Gasteiger partial charge in [0.2, 0.25) is 0 Å². The molecule has 3 fully saturated rings. The normalized spacial score (nSPS) is 23.2. The van der Waals surface area contributed by atoms with Crippen LogP contribution in [0.3, 0.4) is 0 Å². The molecule has 1 N–H and O–H groups in total. The SMILES string of the molecule is CCc1cccc2cccc(-c3ncc4c(NCC5(N(C)C)CCC5)nc(OC[C@@]56CCCN5C[C@H](P)C6)nc4c3P)c12. The fraction of sp³-hybridized carbons (Fsp3) is 0.500. The number of rotatable bonds is 9. The fourth-order valence-electron chi connectivity index (χ4n) is 7.79. The molecule has 0 bridgehead atoms. The molecule has 9 heteroatoms. The molecular weight excluding hydrogens is 570 g/mol. The lowest BCUT2D eigenvalue weighted by atomic mass is 9.75. The summed E-state index contributed by atoms with van der Waals surface area (Å²) in [6.45, 7) is 5.95. The number of anilines is 1. The number of aromatic nitrogens is 3. The van der Waals surface area contributed by atoms with Gasteiger partial charge in [0.1, 0.15) is 12.4 Å². The molecule has 1 aliphatic carbocycles. The van der Waals surface area contributed by atoms with E-state index in [-0.39, 0.29) is 11.1 Å². The van der Waals surface area contributed by atoms with Gasteiger partial charge in [0, 0.05) is 35.7 Å². The molecule has 7 rings (SSSR count). The molecule has 4 heterocycles. The Hall–Kier alpha value is -2.43. The Kier molecular flexibility index (Phi) is 7.83. The van der Waals surface area contributed by atoms with Crippen LogP contribution in [0.1, 0.15) is 51.0 Å². The highest BCUT2D eigenvalue weighted by Gasteiger charge is 2.48. The van der Waals surface area contributed by atoms with Crippen molar-refractivity contribution in [3.63, 3.8) is 0 Å². The summed E-state index contributed by atoms with van der Waals surface area (Å²) < 4.78 is 6.57. The van der Waals surface area contributed by atoms with E-state index in [0.29, 0.717) is 18.3 Å². The van der Waals surface area contributed by atoms with E-state index in [0.717, 1.165) is 65.8 Å². The van der Waals surface area contributed by atoms with Gasteiger partial charge in [0.25, 0.3) is 0 Å². The average molecular weight is 615 g/mol. The third-order valence-electron chi connectivity index (χ3n) is 10.5. The van der Waals surface area contributed by atoms with Crippen LogP contribution in [0.15, 0.2) is 42.6 Å². The average Bonchev–Trinajstić information content (AvgIpc) is 3.50. The summed E-state index contributed by atoms with van der Waals surface area (Å²) in [5.41, 5.74) is 5.12. The quantitative estimate of drug-likeness (QED) is 0.244. The van der Waals surface area contributed by atoms with Crippen LogP contribution in [0.25, 0.3) is 32.9 Å². The number of hydrogen-bond donors (Lipinski definition) is 1. The molecule has 2 saturated heterocycles. The van der Waals surface area contributed by atoms with Crippen LogP contribution in [-0.4, -0.2) is 81.8 Å². The number of ether oxygens (including phenoxy) is 1. The first kappa shape index (κ1) is 29.3. The number of pyridine rings is 1. The minimum atomic E-state index is 0.0892. The zero-order valence-corrected chi connectivity index (χ0v) is 28.0. The monoisotopic (exact) mass is 614 g/mol. The van der Waals surface area contributed by atoms with Gasteiger partial charge in [-0.2, -0.15) is 9.97 Å². The Morgan fingerprint density at radius 3 is 2.65 bits per heavy atom. The standard InChI is InChI=1S/C34H44N6OP2/c1-4-22-9-5-10-23-11-6-12-25(27(22)23)28-30(43)29-26(18-35-28)31(36-20-33(39(2)3)13-7-14-33)38-32(37-29)41-21-34-15-8-16-40(34)19-24(42)17-34/h5-6,9-12,18,24H,4,7-8,13-17,19-21,42-43H2,1-3H3,(H,36,37,38)/t24-,34+/m1/s1. The van der Waals surface area contributed by atoms with E-state index in [1.165, 1.54) is 48.4 Å². The zero-order valence-electron chi connectivity index (χ0n) is 25.7. The second-order valence-electron chi connectivity index (χ2n) is 13.2. The van der Waals surface area contributed by atoms with Gasteiger partial charge in [-0.3, -0.25) is 9.88 Å². The smallest absolute Gasteiger partial charge is 0.319 e. The Morgan fingerprint density at radius 2 is 1.91 bits per heavy atom. The zero-order chi connectivity index (χ0) is 29.8. The summed E-state index contributed by atoms with van der Waals surface area (Å²) >= 11 is 0. The molecule has 0 radical (unpaired) electrons. The summed E-state index contributed by atoms with van der Waals surface area (Å²) in [4.78, 5) is 20.1. The summed E-state index contributed by atoms with van der Waals surface area (Å²) in [7, 11) is 10.4. The highest BCUT2D eigenvalue weighted by atomic mass is 31.0. The molecule has 2 unspecified atom stereocenters. The second-order valence-corrected chi connectivity index (χ2v) is 14.7. The highest BCUT2D eigenvalue weighted by Crippen LogP contribution is 2.42. The summed E-state index contributed by atoms with van der Waals surface area (Å²) in [6.07, 6.45) is 10.1. The Balaban J connectivity index is 1.31. The lowest BCUT2D eigenvalue weighted by Crippen LogP contribution is -2.54. The van der Waals surface area contributed by atoms with E-state index in [9.17, 15) is 0 Å². The maximum atomic E-state index is 6.57. The van der Waals surface area contributed by atoms with E-state index >= 15 is 0 Å². The predicted molar refractivity (Wildman–Crippen MR) is 185 cm³/mol. The van der Waals surface area contributed by atoms with Crippen LogP contribution in [0, 0.1) is 0 Å². The minimum Gasteiger partial charge on any atom is -0.461 e. The lowest BCUT2D eigenvalue weighted by Gasteiger charge is -2.47. The third-order valence-corrected chi connectivity index (χ3v) is 11.5. The first-order valence-electron chi connectivity index (χ1n) is 15.8. The first-order valence-corrected chi connectivity index (χ1v) is 17.1. The molecule has 0 spiro atoms. The first-order chi connectivity index (χ1) is 20.8. The molecule has 2 aliphatic heterocycles. The molecule has 0 amide bonds. The third kappa shape index (κ3) is 5.11. The van der Waals surface area contributed by atoms with Crippen molar-refractivity contribution in [3.8, 4) is 17.3 Å². The van der Waals surface area contributed by atoms with E-state index in [2.05, 4.69) is 91.0 Å². The number of aryl methyl sites for hydroxylation is 1. The van der Waals surface area contributed by atoms with Gasteiger partial charge in [-0.05, 0) is 87.6 Å². The van der Waals surface area contributed by atoms with Gasteiger partial charge in [-0.25, -0.2) is 0 Å². The van der Waals surface area contributed by atoms with E-state index in [4.69, 9.17) is 19.7 Å². The molecule has 7 nitrogen and oxygen atoms in total. The van der Waals surface area contributed by atoms with Crippen molar-refractivity contribution in [1.82, 2.24) is 24.8 Å². The van der Waals surface area contributed by atoms with Crippen molar-refractivity contribution in [1.29, 1.82) is 0 Å². The molecule has 43 heavy (non-hydrogen) atoms. The number of benzene rings is 2. The highest BCUT2D eigenvalue weighted by molar-refractivity contribution is 7.28. The topological polar surface area (TPSA) is 66.4 Å². The molecule has 2 aromatic heterocycles. The maximum absolute atomic E-state index is 6.57. The van der Waals surface area contributed by atoms with Gasteiger partial charge in [-0.15, -0.1) is 18.5 Å². The fourth-order valence-corrected chi connectivity index (χ4v) is 8.94. The van der Waals surface area contributed by atoms with Crippen molar-refractivity contribution in [2.45, 2.75) is 68.6 Å². The lowest BCUT2D eigenvalue weighted by molar-refractivity contribution is 0.0738. The van der Waals surface area contributed by atoms with Crippen LogP contribution < -0.4 is 15.4 Å². The minimum absolute atomic E-state index is 0.0892. The van der Waals surface area contributed by atoms with Crippen LogP contribution in [-0.2, 0) is 6.42 Å². The van der Waals surface area contributed by atoms with Crippen molar-refractivity contribution < 1.29 is 4.74 Å². The molecule has 4 atom stereocenters. The number of fused-ring (bicyclic) bond motifs is 3. The molecule has 2 aromatic carbocycles. The van der Waals surface area contributed by atoms with Crippen LogP contribution in [0.4, 0.5) is 5.82 Å². The van der Waals surface area contributed by atoms with Crippen molar-refractivity contribution >= 4 is 51.3 Å². The second kappa shape index (κ2) is 11.5. The Bertz CT molecular complexity index is 1670. The van der Waals surface area contributed by atoms with Gasteiger partial charge in [0.15, 0.2) is 0 Å². The largest absolute Gasteiger partial charge is 0.461 e. The molecular formula is C34H44N6OP2. The Labute approximate surface area is 260 Å². The van der Waals surface area contributed by atoms with E-state index in [1.807, 2.05) is 6.20 Å². The molecule has 4 aromatic rings. The van der Waals surface area contributed by atoms with E-state index in [1.54, 1.807) is 0 Å². The number of likely N-dealkylation sites (N-methyl/N-ethyl adjacent to an activating group) is 1. The summed E-state index contributed by atoms with van der Waals surface area (Å²) in [5, 5.41) is 8.13. The van der Waals surface area contributed by atoms with Gasteiger partial charge < -0.3 is 15.0 Å². The maximum Gasteiger partial charge on any atom is 0.319 e. The summed E-state index contributed by atoms with van der Waals surface area (Å²) in [5.74, 6) is 0.805. The van der Waals surface area contributed by atoms with Crippen molar-refractivity contribution in [3.05, 3.63) is 48.2 Å². The van der Waals surface area contributed by atoms with E-state index < -0.39 is 0 Å². The summed E-state index contributed by atoms with van der Waals surface area (Å²) in [6, 6.07) is 13.5.